The van der Waals surface area contributed by atoms with Crippen LogP contribution in [0.1, 0.15) is 27.1 Å². The maximum atomic E-state index is 13.0. The lowest BCUT2D eigenvalue weighted by Gasteiger charge is -2.19. The van der Waals surface area contributed by atoms with Gasteiger partial charge < -0.3 is 14.4 Å². The van der Waals surface area contributed by atoms with Gasteiger partial charge in [0.2, 0.25) is 5.91 Å². The van der Waals surface area contributed by atoms with E-state index in [1.54, 1.807) is 18.2 Å². The third kappa shape index (κ3) is 4.70. The highest BCUT2D eigenvalue weighted by molar-refractivity contribution is 6.56. The summed E-state index contributed by atoms with van der Waals surface area (Å²) in [7, 11) is 1.47. The Hall–Kier alpha value is -3.01. The Bertz CT molecular complexity index is 1530. The summed E-state index contributed by atoms with van der Waals surface area (Å²) >= 11 is 30.6. The van der Waals surface area contributed by atoms with Gasteiger partial charge in [0.15, 0.2) is 0 Å². The number of benzene rings is 3. The van der Waals surface area contributed by atoms with Crippen LogP contribution in [0.15, 0.2) is 42.5 Å². The molecule has 0 bridgehead atoms. The standard InChI is InChI=1S/C26H15Cl5N2O6/c1-38-16-7-2-12(27)9-15(16)32-10-11(8-17(32)34)26(37)39-14-5-3-13(4-6-14)33-24(35)18-19(25(33)36)21(29)23(31)22(30)20(18)28/h2-7,9,11H,8,10H2,1H3/t11-/m1/s1. The van der Waals surface area contributed by atoms with Gasteiger partial charge in [-0.1, -0.05) is 58.0 Å². The van der Waals surface area contributed by atoms with Crippen LogP contribution < -0.4 is 19.3 Å². The Kier molecular flexibility index (Phi) is 7.43. The number of esters is 1. The van der Waals surface area contributed by atoms with Gasteiger partial charge in [-0.25, -0.2) is 4.90 Å². The van der Waals surface area contributed by atoms with E-state index in [0.29, 0.717) is 16.5 Å². The van der Waals surface area contributed by atoms with Crippen molar-refractivity contribution in [3.8, 4) is 11.5 Å². The van der Waals surface area contributed by atoms with Crippen molar-refractivity contribution in [3.63, 3.8) is 0 Å². The van der Waals surface area contributed by atoms with Gasteiger partial charge in [0.05, 0.1) is 55.6 Å². The van der Waals surface area contributed by atoms with Crippen molar-refractivity contribution >= 4 is 93.1 Å². The van der Waals surface area contributed by atoms with Gasteiger partial charge in [-0.15, -0.1) is 0 Å². The lowest BCUT2D eigenvalue weighted by atomic mass is 10.1. The number of hydrogen-bond donors (Lipinski definition) is 0. The second kappa shape index (κ2) is 10.5. The first-order chi connectivity index (χ1) is 18.5. The predicted octanol–water partition coefficient (Wildman–Crippen LogP) is 6.72. The second-order valence-corrected chi connectivity index (χ2v) is 10.5. The van der Waals surface area contributed by atoms with Crippen LogP contribution in [-0.4, -0.2) is 37.3 Å². The number of ether oxygens (including phenoxy) is 2. The smallest absolute Gasteiger partial charge is 0.316 e. The van der Waals surface area contributed by atoms with Crippen LogP contribution in [0.2, 0.25) is 25.1 Å². The van der Waals surface area contributed by atoms with Crippen molar-refractivity contribution in [2.45, 2.75) is 6.42 Å². The van der Waals surface area contributed by atoms with Gasteiger partial charge in [-0.2, -0.15) is 0 Å². The average Bonchev–Trinajstić information content (AvgIpc) is 3.43. The number of carbonyl (C=O) groups excluding carboxylic acids is 4. The molecule has 0 aliphatic carbocycles. The quantitative estimate of drug-likeness (QED) is 0.102. The van der Waals surface area contributed by atoms with Gasteiger partial charge in [-0.05, 0) is 42.5 Å². The molecule has 200 valence electrons. The average molecular weight is 629 g/mol. The molecule has 1 atom stereocenters. The van der Waals surface area contributed by atoms with E-state index in [2.05, 4.69) is 0 Å². The minimum atomic E-state index is -0.740. The Labute approximate surface area is 246 Å². The number of halogens is 5. The highest BCUT2D eigenvalue weighted by Gasteiger charge is 2.42. The molecule has 0 N–H and O–H groups in total. The number of nitrogens with zero attached hydrogens (tertiary/aromatic N) is 2. The number of fused-ring (bicyclic) bond motifs is 1. The molecule has 13 heteroatoms. The van der Waals surface area contributed by atoms with E-state index in [0.717, 1.165) is 4.90 Å². The fraction of sp³-hybridized carbons (Fsp3) is 0.154. The van der Waals surface area contributed by atoms with Crippen molar-refractivity contribution in [1.82, 2.24) is 0 Å². The van der Waals surface area contributed by atoms with Crippen molar-refractivity contribution in [2.24, 2.45) is 5.92 Å². The van der Waals surface area contributed by atoms with Crippen molar-refractivity contribution in [3.05, 3.63) is 78.7 Å². The summed E-state index contributed by atoms with van der Waals surface area (Å²) in [5, 5.41) is -0.209. The zero-order valence-corrected chi connectivity index (χ0v) is 23.5. The minimum Gasteiger partial charge on any atom is -0.495 e. The zero-order chi connectivity index (χ0) is 28.2. The Morgan fingerprint density at radius 1 is 0.846 bits per heavy atom. The number of imide groups is 1. The number of anilines is 2. The van der Waals surface area contributed by atoms with E-state index in [9.17, 15) is 19.2 Å². The van der Waals surface area contributed by atoms with Crippen LogP contribution in [0.5, 0.6) is 11.5 Å². The summed E-state index contributed by atoms with van der Waals surface area (Å²) in [5.74, 6) is -2.51. The van der Waals surface area contributed by atoms with Gasteiger partial charge >= 0.3 is 5.97 Å². The number of methoxy groups -OCH3 is 1. The molecule has 1 saturated heterocycles. The van der Waals surface area contributed by atoms with Gasteiger partial charge in [0.25, 0.3) is 11.8 Å². The predicted molar refractivity (Wildman–Crippen MR) is 148 cm³/mol. The summed E-state index contributed by atoms with van der Waals surface area (Å²) in [4.78, 5) is 53.9. The van der Waals surface area contributed by atoms with Gasteiger partial charge in [-0.3, -0.25) is 19.2 Å². The molecule has 0 spiro atoms. The molecular weight excluding hydrogens is 614 g/mol. The highest BCUT2D eigenvalue weighted by Crippen LogP contribution is 2.46. The third-order valence-electron chi connectivity index (χ3n) is 6.30. The normalized spacial score (nSPS) is 16.7. The first-order valence-electron chi connectivity index (χ1n) is 11.2. The molecule has 2 heterocycles. The first kappa shape index (κ1) is 27.6. The molecular formula is C26H15Cl5N2O6. The van der Waals surface area contributed by atoms with Crippen molar-refractivity contribution < 1.29 is 28.7 Å². The topological polar surface area (TPSA) is 93.2 Å². The molecule has 0 radical (unpaired) electrons. The van der Waals surface area contributed by atoms with Crippen LogP contribution in [0.3, 0.4) is 0 Å². The summed E-state index contributed by atoms with van der Waals surface area (Å²) in [6, 6.07) is 10.5. The van der Waals surface area contributed by atoms with E-state index in [1.165, 1.54) is 36.3 Å². The van der Waals surface area contributed by atoms with E-state index in [4.69, 9.17) is 67.5 Å². The second-order valence-electron chi connectivity index (χ2n) is 8.59. The summed E-state index contributed by atoms with van der Waals surface area (Å²) in [5.41, 5.74) is 0.334. The lowest BCUT2D eigenvalue weighted by molar-refractivity contribution is -0.139. The summed E-state index contributed by atoms with van der Waals surface area (Å²) in [6.45, 7) is 0.0775. The minimum absolute atomic E-state index is 0.0612. The van der Waals surface area contributed by atoms with Crippen LogP contribution >= 0.6 is 58.0 Å². The van der Waals surface area contributed by atoms with E-state index < -0.39 is 23.7 Å². The largest absolute Gasteiger partial charge is 0.495 e. The highest BCUT2D eigenvalue weighted by atomic mass is 35.5. The van der Waals surface area contributed by atoms with E-state index in [1.807, 2.05) is 0 Å². The van der Waals surface area contributed by atoms with Crippen LogP contribution in [0.4, 0.5) is 11.4 Å². The maximum Gasteiger partial charge on any atom is 0.316 e. The molecule has 3 aromatic rings. The Morgan fingerprint density at radius 3 is 2.00 bits per heavy atom. The maximum absolute atomic E-state index is 13.0. The molecule has 39 heavy (non-hydrogen) atoms. The van der Waals surface area contributed by atoms with Crippen LogP contribution in [0, 0.1) is 5.92 Å². The Morgan fingerprint density at radius 2 is 1.44 bits per heavy atom. The molecule has 1 fully saturated rings. The van der Waals surface area contributed by atoms with E-state index in [-0.39, 0.29) is 61.5 Å². The number of amides is 3. The zero-order valence-electron chi connectivity index (χ0n) is 19.8. The third-order valence-corrected chi connectivity index (χ3v) is 8.34. The number of hydrogen-bond acceptors (Lipinski definition) is 6. The molecule has 5 rings (SSSR count). The fourth-order valence-electron chi connectivity index (χ4n) is 4.42. The summed E-state index contributed by atoms with van der Waals surface area (Å²) in [6.07, 6.45) is -0.0612. The van der Waals surface area contributed by atoms with Crippen molar-refractivity contribution in [1.29, 1.82) is 0 Å². The van der Waals surface area contributed by atoms with Crippen LogP contribution in [0.25, 0.3) is 0 Å². The monoisotopic (exact) mass is 626 g/mol. The Balaban J connectivity index is 1.31. The number of rotatable bonds is 5. The van der Waals surface area contributed by atoms with Gasteiger partial charge in [0, 0.05) is 18.0 Å². The molecule has 3 aromatic carbocycles. The summed E-state index contributed by atoms with van der Waals surface area (Å²) < 4.78 is 10.8. The lowest BCUT2D eigenvalue weighted by Crippen LogP contribution is -2.29. The molecule has 2 aliphatic rings. The molecule has 0 aromatic heterocycles. The molecule has 3 amide bonds. The van der Waals surface area contributed by atoms with Gasteiger partial charge in [0.1, 0.15) is 11.5 Å². The molecule has 0 saturated carbocycles. The first-order valence-corrected chi connectivity index (χ1v) is 13.1. The SMILES string of the molecule is COc1ccc(Cl)cc1N1C[C@H](C(=O)Oc2ccc(N3C(=O)c4c(Cl)c(Cl)c(Cl)c(Cl)c4C3=O)cc2)CC1=O. The van der Waals surface area contributed by atoms with E-state index >= 15 is 0 Å². The number of carbonyl (C=O) groups is 4. The van der Waals surface area contributed by atoms with Crippen molar-refractivity contribution in [2.75, 3.05) is 23.5 Å². The molecule has 2 aliphatic heterocycles. The molecule has 8 nitrogen and oxygen atoms in total. The molecule has 0 unspecified atom stereocenters. The fourth-order valence-corrected chi connectivity index (χ4v) is 5.60. The van der Waals surface area contributed by atoms with Crippen LogP contribution in [-0.2, 0) is 9.59 Å².